The van der Waals surface area contributed by atoms with Crippen molar-refractivity contribution < 1.29 is 28.7 Å². The summed E-state index contributed by atoms with van der Waals surface area (Å²) in [6.45, 7) is 0. The highest BCUT2D eigenvalue weighted by atomic mass is 32.2. The van der Waals surface area contributed by atoms with Crippen LogP contribution in [0.25, 0.3) is 0 Å². The lowest BCUT2D eigenvalue weighted by Gasteiger charge is -2.14. The molecule has 0 radical (unpaired) electrons. The zero-order valence-corrected chi connectivity index (χ0v) is 17.6. The number of aromatic nitrogens is 1. The SMILES string of the molecule is COc1cc(CSc2ccc(C(=O)Nc3ccc(F)cc3)cn2)c(B(O)O)cc1OC. The molecule has 3 rings (SSSR count). The maximum atomic E-state index is 13.0. The van der Waals surface area contributed by atoms with Crippen LogP contribution in [0.4, 0.5) is 10.1 Å². The number of carbonyl (C=O) groups is 1. The molecule has 0 atom stereocenters. The molecule has 3 aromatic rings. The van der Waals surface area contributed by atoms with E-state index in [0.29, 0.717) is 44.6 Å². The minimum atomic E-state index is -1.67. The van der Waals surface area contributed by atoms with Crippen LogP contribution in [0.5, 0.6) is 11.5 Å². The molecule has 3 N–H and O–H groups in total. The number of benzene rings is 2. The van der Waals surface area contributed by atoms with E-state index in [0.717, 1.165) is 0 Å². The third kappa shape index (κ3) is 5.75. The fourth-order valence-corrected chi connectivity index (χ4v) is 3.64. The number of nitrogens with zero attached hydrogens (tertiary/aromatic N) is 1. The molecule has 2 aromatic carbocycles. The van der Waals surface area contributed by atoms with Gasteiger partial charge in [0.2, 0.25) is 0 Å². The van der Waals surface area contributed by atoms with E-state index in [-0.39, 0.29) is 11.7 Å². The van der Waals surface area contributed by atoms with Crippen molar-refractivity contribution in [2.75, 3.05) is 19.5 Å². The highest BCUT2D eigenvalue weighted by Gasteiger charge is 2.20. The monoisotopic (exact) mass is 442 g/mol. The van der Waals surface area contributed by atoms with Gasteiger partial charge in [-0.25, -0.2) is 9.37 Å². The van der Waals surface area contributed by atoms with Gasteiger partial charge in [-0.1, -0.05) is 0 Å². The van der Waals surface area contributed by atoms with Gasteiger partial charge in [0.05, 0.1) is 24.8 Å². The van der Waals surface area contributed by atoms with Gasteiger partial charge in [-0.05, 0) is 59.6 Å². The molecule has 0 aliphatic heterocycles. The number of ether oxygens (including phenoxy) is 2. The molecule has 0 saturated heterocycles. The molecule has 160 valence electrons. The van der Waals surface area contributed by atoms with Crippen molar-refractivity contribution in [3.63, 3.8) is 0 Å². The van der Waals surface area contributed by atoms with Gasteiger partial charge in [0.1, 0.15) is 5.82 Å². The van der Waals surface area contributed by atoms with Crippen LogP contribution in [0.15, 0.2) is 59.8 Å². The number of anilines is 1. The zero-order valence-electron chi connectivity index (χ0n) is 16.8. The maximum absolute atomic E-state index is 13.0. The number of rotatable bonds is 8. The number of nitrogens with one attached hydrogen (secondary N) is 1. The zero-order chi connectivity index (χ0) is 22.4. The van der Waals surface area contributed by atoms with Crippen molar-refractivity contribution in [1.82, 2.24) is 4.98 Å². The van der Waals surface area contributed by atoms with Gasteiger partial charge in [0.15, 0.2) is 11.5 Å². The first-order valence-electron chi connectivity index (χ1n) is 9.18. The molecule has 1 heterocycles. The van der Waals surface area contributed by atoms with Crippen LogP contribution in [0, 0.1) is 5.82 Å². The quantitative estimate of drug-likeness (QED) is 0.364. The Kier molecular flexibility index (Phi) is 7.51. The number of carbonyl (C=O) groups excluding carboxylic acids is 1. The highest BCUT2D eigenvalue weighted by molar-refractivity contribution is 7.98. The third-order valence-electron chi connectivity index (χ3n) is 4.40. The lowest BCUT2D eigenvalue weighted by Crippen LogP contribution is -2.33. The number of hydrogen-bond donors (Lipinski definition) is 3. The normalized spacial score (nSPS) is 10.5. The highest BCUT2D eigenvalue weighted by Crippen LogP contribution is 2.29. The average Bonchev–Trinajstić information content (AvgIpc) is 2.78. The molecule has 0 aliphatic carbocycles. The summed E-state index contributed by atoms with van der Waals surface area (Å²) in [6, 6.07) is 12.0. The summed E-state index contributed by atoms with van der Waals surface area (Å²) >= 11 is 1.36. The maximum Gasteiger partial charge on any atom is 0.488 e. The minimum absolute atomic E-state index is 0.306. The van der Waals surface area contributed by atoms with Gasteiger partial charge in [0.25, 0.3) is 5.91 Å². The first-order chi connectivity index (χ1) is 14.9. The number of amides is 1. The summed E-state index contributed by atoms with van der Waals surface area (Å²) in [5.74, 6) is 0.521. The first kappa shape index (κ1) is 22.6. The third-order valence-corrected chi connectivity index (χ3v) is 5.39. The Balaban J connectivity index is 1.69. The predicted molar refractivity (Wildman–Crippen MR) is 118 cm³/mol. The van der Waals surface area contributed by atoms with Gasteiger partial charge in [0, 0.05) is 17.6 Å². The van der Waals surface area contributed by atoms with Crippen molar-refractivity contribution in [2.45, 2.75) is 10.8 Å². The molecule has 31 heavy (non-hydrogen) atoms. The second-order valence-electron chi connectivity index (χ2n) is 6.41. The van der Waals surface area contributed by atoms with E-state index < -0.39 is 7.12 Å². The number of methoxy groups -OCH3 is 2. The Hall–Kier alpha value is -3.08. The lowest BCUT2D eigenvalue weighted by molar-refractivity contribution is 0.102. The molecular formula is C21H20BFN2O5S. The average molecular weight is 442 g/mol. The van der Waals surface area contributed by atoms with Crippen molar-refractivity contribution in [2.24, 2.45) is 0 Å². The summed E-state index contributed by atoms with van der Waals surface area (Å²) in [5, 5.41) is 22.7. The van der Waals surface area contributed by atoms with E-state index in [2.05, 4.69) is 10.3 Å². The van der Waals surface area contributed by atoms with Crippen LogP contribution >= 0.6 is 11.8 Å². The van der Waals surface area contributed by atoms with Crippen molar-refractivity contribution >= 4 is 35.9 Å². The molecule has 10 heteroatoms. The predicted octanol–water partition coefficient (Wildman–Crippen LogP) is 2.46. The van der Waals surface area contributed by atoms with E-state index in [9.17, 15) is 19.2 Å². The number of hydrogen-bond acceptors (Lipinski definition) is 7. The van der Waals surface area contributed by atoms with E-state index >= 15 is 0 Å². The van der Waals surface area contributed by atoms with E-state index in [1.165, 1.54) is 62.5 Å². The minimum Gasteiger partial charge on any atom is -0.493 e. The van der Waals surface area contributed by atoms with Crippen molar-refractivity contribution in [3.05, 3.63) is 71.7 Å². The van der Waals surface area contributed by atoms with Crippen LogP contribution in [0.2, 0.25) is 0 Å². The molecule has 0 bridgehead atoms. The molecule has 1 aromatic heterocycles. The number of halogens is 1. The fraction of sp³-hybridized carbons (Fsp3) is 0.143. The van der Waals surface area contributed by atoms with Gasteiger partial charge >= 0.3 is 7.12 Å². The van der Waals surface area contributed by atoms with Gasteiger partial charge in [-0.3, -0.25) is 4.79 Å². The first-order valence-corrected chi connectivity index (χ1v) is 10.2. The van der Waals surface area contributed by atoms with Crippen molar-refractivity contribution in [3.8, 4) is 11.5 Å². The second-order valence-corrected chi connectivity index (χ2v) is 7.41. The van der Waals surface area contributed by atoms with Crippen LogP contribution in [0.1, 0.15) is 15.9 Å². The Labute approximate surface area is 183 Å². The van der Waals surface area contributed by atoms with Gasteiger partial charge < -0.3 is 24.8 Å². The van der Waals surface area contributed by atoms with Crippen LogP contribution in [0.3, 0.4) is 0 Å². The molecule has 0 aliphatic rings. The van der Waals surface area contributed by atoms with Gasteiger partial charge in [-0.2, -0.15) is 0 Å². The second kappa shape index (κ2) is 10.3. The topological polar surface area (TPSA) is 101 Å². The van der Waals surface area contributed by atoms with Crippen molar-refractivity contribution in [1.29, 1.82) is 0 Å². The number of thioether (sulfide) groups is 1. The molecule has 1 amide bonds. The summed E-state index contributed by atoms with van der Waals surface area (Å²) in [4.78, 5) is 16.6. The molecule has 0 saturated carbocycles. The van der Waals surface area contributed by atoms with E-state index in [4.69, 9.17) is 9.47 Å². The van der Waals surface area contributed by atoms with Gasteiger partial charge in [-0.15, -0.1) is 11.8 Å². The molecule has 0 fully saturated rings. The smallest absolute Gasteiger partial charge is 0.488 e. The molecule has 7 nitrogen and oxygen atoms in total. The fourth-order valence-electron chi connectivity index (χ4n) is 2.79. The Morgan fingerprint density at radius 2 is 1.77 bits per heavy atom. The molecule has 0 unspecified atom stereocenters. The Morgan fingerprint density at radius 3 is 2.35 bits per heavy atom. The molecular weight excluding hydrogens is 422 g/mol. The van der Waals surface area contributed by atoms with Crippen LogP contribution < -0.4 is 20.3 Å². The summed E-state index contributed by atoms with van der Waals surface area (Å²) in [6.07, 6.45) is 1.44. The Morgan fingerprint density at radius 1 is 1.10 bits per heavy atom. The van der Waals surface area contributed by atoms with E-state index in [1.807, 2.05) is 0 Å². The van der Waals surface area contributed by atoms with Crippen LogP contribution in [-0.2, 0) is 5.75 Å². The summed E-state index contributed by atoms with van der Waals surface area (Å²) < 4.78 is 23.5. The lowest BCUT2D eigenvalue weighted by atomic mass is 9.77. The summed E-state index contributed by atoms with van der Waals surface area (Å²) in [5.41, 5.74) is 1.79. The van der Waals surface area contributed by atoms with Crippen LogP contribution in [-0.4, -0.2) is 42.3 Å². The summed E-state index contributed by atoms with van der Waals surface area (Å²) in [7, 11) is 1.31. The standard InChI is InChI=1S/C21H20BFN2O5S/c1-29-18-9-14(17(22(27)28)10-19(18)30-2)12-31-20-8-3-13(11-24-20)21(26)25-16-6-4-15(23)5-7-16/h3-11,27-28H,12H2,1-2H3,(H,25,26). The molecule has 0 spiro atoms. The van der Waals surface area contributed by atoms with E-state index in [1.54, 1.807) is 18.2 Å². The largest absolute Gasteiger partial charge is 0.493 e. The Bertz CT molecular complexity index is 1050. The number of pyridine rings is 1.